The molecule has 0 amide bonds. The molecule has 1 aromatic carbocycles. The number of benzene rings is 1. The van der Waals surface area contributed by atoms with E-state index in [0.717, 1.165) is 17.4 Å². The second-order valence-corrected chi connectivity index (χ2v) is 2.93. The van der Waals surface area contributed by atoms with Crippen molar-refractivity contribution in [1.29, 1.82) is 0 Å². The van der Waals surface area contributed by atoms with Gasteiger partial charge in [0.15, 0.2) is 0 Å². The summed E-state index contributed by atoms with van der Waals surface area (Å²) in [6, 6.07) is 6.92. The molecule has 0 aliphatic heterocycles. The summed E-state index contributed by atoms with van der Waals surface area (Å²) < 4.78 is 4.86. The van der Waals surface area contributed by atoms with Gasteiger partial charge in [-0.05, 0) is 30.2 Å². The summed E-state index contributed by atoms with van der Waals surface area (Å²) >= 11 is 0. The number of rotatable bonds is 2. The van der Waals surface area contributed by atoms with Crippen LogP contribution in [-0.2, 0) is 4.79 Å². The molecule has 1 rings (SSSR count). The van der Waals surface area contributed by atoms with Gasteiger partial charge in [-0.3, -0.25) is 4.79 Å². The molecule has 0 radical (unpaired) electrons. The van der Waals surface area contributed by atoms with Crippen LogP contribution in [0.1, 0.15) is 19.4 Å². The summed E-state index contributed by atoms with van der Waals surface area (Å²) in [4.78, 5) is 10.6. The lowest BCUT2D eigenvalue weighted by Gasteiger charge is -2.03. The van der Waals surface area contributed by atoms with Crippen molar-refractivity contribution >= 4 is 11.5 Å². The number of esters is 1. The second kappa shape index (κ2) is 4.46. The van der Waals surface area contributed by atoms with Crippen molar-refractivity contribution in [3.8, 4) is 5.75 Å². The molecule has 0 fully saturated rings. The first kappa shape index (κ1) is 10.3. The zero-order valence-electron chi connectivity index (χ0n) is 8.15. The van der Waals surface area contributed by atoms with Crippen LogP contribution in [0.5, 0.6) is 5.75 Å². The van der Waals surface area contributed by atoms with Crippen molar-refractivity contribution in [2.45, 2.75) is 13.8 Å². The van der Waals surface area contributed by atoms with Crippen LogP contribution in [0.3, 0.4) is 0 Å². The summed E-state index contributed by atoms with van der Waals surface area (Å²) in [6.07, 6.45) is 1.04. The predicted octanol–water partition coefficient (Wildman–Crippen LogP) is 2.53. The lowest BCUT2D eigenvalue weighted by Crippen LogP contribution is -2.00. The molecule has 74 valence electrons. The minimum absolute atomic E-state index is 0.341. The van der Waals surface area contributed by atoms with Crippen LogP contribution in [-0.4, -0.2) is 11.1 Å². The molecule has 0 bridgehead atoms. The number of hydrogen-bond acceptors (Lipinski definition) is 3. The molecule has 0 heterocycles. The van der Waals surface area contributed by atoms with Gasteiger partial charge in [0.25, 0.3) is 0 Å². The first-order chi connectivity index (χ1) is 6.63. The summed E-state index contributed by atoms with van der Waals surface area (Å²) in [5.74, 6) is 0.166. The van der Waals surface area contributed by atoms with E-state index in [4.69, 9.17) is 9.84 Å². The summed E-state index contributed by atoms with van der Waals surface area (Å²) in [7, 11) is 0. The highest BCUT2D eigenvalue weighted by Gasteiger charge is 1.99. The average molecular weight is 192 g/mol. The number of aliphatic hydroxyl groups is 1. The van der Waals surface area contributed by atoms with E-state index in [-0.39, 0.29) is 5.97 Å². The van der Waals surface area contributed by atoms with Crippen molar-refractivity contribution in [2.24, 2.45) is 0 Å². The molecule has 0 atom stereocenters. The Morgan fingerprint density at radius 3 is 2.29 bits per heavy atom. The molecule has 0 aliphatic rings. The van der Waals surface area contributed by atoms with E-state index in [0.29, 0.717) is 5.75 Å². The third-order valence-electron chi connectivity index (χ3n) is 1.76. The molecular formula is C11H12O3. The highest BCUT2D eigenvalue weighted by molar-refractivity contribution is 5.70. The van der Waals surface area contributed by atoms with Gasteiger partial charge >= 0.3 is 5.97 Å². The lowest BCUT2D eigenvalue weighted by molar-refractivity contribution is -0.131. The Bertz CT molecular complexity index is 349. The number of ether oxygens (including phenoxy) is 1. The quantitative estimate of drug-likeness (QED) is 0.445. The smallest absolute Gasteiger partial charge is 0.308 e. The van der Waals surface area contributed by atoms with Crippen molar-refractivity contribution < 1.29 is 14.6 Å². The molecule has 3 heteroatoms. The third kappa shape index (κ3) is 2.62. The fourth-order valence-electron chi connectivity index (χ4n) is 1.03. The van der Waals surface area contributed by atoms with Crippen LogP contribution < -0.4 is 4.74 Å². The van der Waals surface area contributed by atoms with Crippen LogP contribution in [0.2, 0.25) is 0 Å². The number of carbonyl (C=O) groups is 1. The van der Waals surface area contributed by atoms with Gasteiger partial charge in [-0.25, -0.2) is 0 Å². The second-order valence-electron chi connectivity index (χ2n) is 2.93. The van der Waals surface area contributed by atoms with E-state index in [1.165, 1.54) is 6.92 Å². The summed E-state index contributed by atoms with van der Waals surface area (Å²) in [5, 5.41) is 8.76. The Balaban J connectivity index is 2.83. The number of hydrogen-bond donors (Lipinski definition) is 1. The molecule has 1 N–H and O–H groups in total. The van der Waals surface area contributed by atoms with Gasteiger partial charge in [-0.2, -0.15) is 0 Å². The van der Waals surface area contributed by atoms with Gasteiger partial charge in [-0.15, -0.1) is 0 Å². The van der Waals surface area contributed by atoms with E-state index in [1.54, 1.807) is 31.2 Å². The number of allylic oxidation sites excluding steroid dienone is 1. The van der Waals surface area contributed by atoms with Crippen molar-refractivity contribution in [3.63, 3.8) is 0 Å². The van der Waals surface area contributed by atoms with Crippen molar-refractivity contribution in [3.05, 3.63) is 36.1 Å². The van der Waals surface area contributed by atoms with E-state index < -0.39 is 0 Å². The van der Waals surface area contributed by atoms with Crippen LogP contribution in [0, 0.1) is 0 Å². The Morgan fingerprint density at radius 2 is 1.86 bits per heavy atom. The van der Waals surface area contributed by atoms with E-state index in [9.17, 15) is 4.79 Å². The normalized spacial score (nSPS) is 11.1. The Kier molecular flexibility index (Phi) is 3.29. The van der Waals surface area contributed by atoms with Crippen LogP contribution in [0.4, 0.5) is 0 Å². The van der Waals surface area contributed by atoms with E-state index in [2.05, 4.69) is 0 Å². The average Bonchev–Trinajstić information content (AvgIpc) is 2.17. The fraction of sp³-hybridized carbons (Fsp3) is 0.182. The van der Waals surface area contributed by atoms with E-state index >= 15 is 0 Å². The molecule has 0 saturated heterocycles. The van der Waals surface area contributed by atoms with Crippen LogP contribution in [0.25, 0.3) is 5.57 Å². The van der Waals surface area contributed by atoms with Crippen LogP contribution in [0.15, 0.2) is 30.5 Å². The molecule has 0 aromatic heterocycles. The molecular weight excluding hydrogens is 180 g/mol. The minimum atomic E-state index is -0.341. The number of aliphatic hydroxyl groups excluding tert-OH is 1. The largest absolute Gasteiger partial charge is 0.515 e. The molecule has 14 heavy (non-hydrogen) atoms. The highest BCUT2D eigenvalue weighted by atomic mass is 16.5. The molecule has 0 saturated carbocycles. The van der Waals surface area contributed by atoms with Gasteiger partial charge < -0.3 is 9.84 Å². The van der Waals surface area contributed by atoms with Gasteiger partial charge in [-0.1, -0.05) is 12.1 Å². The maximum absolute atomic E-state index is 10.6. The maximum Gasteiger partial charge on any atom is 0.308 e. The molecule has 3 nitrogen and oxygen atoms in total. The first-order valence-electron chi connectivity index (χ1n) is 4.23. The number of carbonyl (C=O) groups excluding carboxylic acids is 1. The van der Waals surface area contributed by atoms with Gasteiger partial charge in [0.1, 0.15) is 5.75 Å². The van der Waals surface area contributed by atoms with Crippen LogP contribution >= 0.6 is 0 Å². The van der Waals surface area contributed by atoms with Gasteiger partial charge in [0.05, 0.1) is 6.26 Å². The topological polar surface area (TPSA) is 46.5 Å². The predicted molar refractivity (Wildman–Crippen MR) is 54.0 cm³/mol. The molecule has 1 aromatic rings. The standard InChI is InChI=1S/C11H12O3/c1-8(7-12)10-3-5-11(6-4-10)14-9(2)13/h3-7,12H,1-2H3. The molecule has 0 aliphatic carbocycles. The Hall–Kier alpha value is -1.77. The van der Waals surface area contributed by atoms with Crippen molar-refractivity contribution in [1.82, 2.24) is 0 Å². The zero-order chi connectivity index (χ0) is 10.6. The Labute approximate surface area is 82.6 Å². The third-order valence-corrected chi connectivity index (χ3v) is 1.76. The summed E-state index contributed by atoms with van der Waals surface area (Å²) in [6.45, 7) is 3.15. The van der Waals surface area contributed by atoms with Gasteiger partial charge in [0, 0.05) is 6.92 Å². The SMILES string of the molecule is CC(=O)Oc1ccc(C(C)=CO)cc1. The van der Waals surface area contributed by atoms with Gasteiger partial charge in [0.2, 0.25) is 0 Å². The minimum Gasteiger partial charge on any atom is -0.515 e. The van der Waals surface area contributed by atoms with E-state index in [1.807, 2.05) is 0 Å². The maximum atomic E-state index is 10.6. The molecule has 0 spiro atoms. The highest BCUT2D eigenvalue weighted by Crippen LogP contribution is 2.17. The first-order valence-corrected chi connectivity index (χ1v) is 4.23. The summed E-state index contributed by atoms with van der Waals surface area (Å²) in [5.41, 5.74) is 1.66. The molecule has 0 unspecified atom stereocenters. The fourth-order valence-corrected chi connectivity index (χ4v) is 1.03. The monoisotopic (exact) mass is 192 g/mol. The zero-order valence-corrected chi connectivity index (χ0v) is 8.15. The lowest BCUT2D eigenvalue weighted by atomic mass is 10.1. The van der Waals surface area contributed by atoms with Crippen molar-refractivity contribution in [2.75, 3.05) is 0 Å². The Morgan fingerprint density at radius 1 is 1.29 bits per heavy atom.